The number of hydrogen-bond acceptors (Lipinski definition) is 9. The molecular weight excluding hydrogens is 764 g/mol. The van der Waals surface area contributed by atoms with Crippen molar-refractivity contribution in [2.75, 3.05) is 42.1 Å². The SMILES string of the molecule is C=C(OCC)/C(C)=C\C.CC.CCN.CSCCN(P)Cc1ccc(-c2ccc(N)c(/C(=C\N)N(P)c3ccc(OCc4cccc(C)c4)c(Cl)c3C)c2)o1. The van der Waals surface area contributed by atoms with E-state index in [9.17, 15) is 0 Å². The minimum atomic E-state index is 0.434. The van der Waals surface area contributed by atoms with Crippen molar-refractivity contribution in [3.8, 4) is 17.1 Å². The van der Waals surface area contributed by atoms with Crippen LogP contribution in [0.2, 0.25) is 5.02 Å². The second-order valence-electron chi connectivity index (χ2n) is 12.0. The number of hydrogen-bond donors (Lipinski definition) is 3. The van der Waals surface area contributed by atoms with Gasteiger partial charge in [0.25, 0.3) is 0 Å². The number of allylic oxidation sites excluding steroid dienone is 2. The number of nitrogens with two attached hydrogens (primary N) is 3. The van der Waals surface area contributed by atoms with E-state index in [0.29, 0.717) is 41.9 Å². The van der Waals surface area contributed by atoms with Gasteiger partial charge >= 0.3 is 0 Å². The molecule has 0 saturated heterocycles. The Labute approximate surface area is 345 Å². The number of halogens is 1. The van der Waals surface area contributed by atoms with Crippen LogP contribution in [0.3, 0.4) is 0 Å². The molecule has 0 fully saturated rings. The van der Waals surface area contributed by atoms with Crippen molar-refractivity contribution in [3.63, 3.8) is 0 Å². The van der Waals surface area contributed by atoms with Gasteiger partial charge in [-0.2, -0.15) is 11.8 Å². The Morgan fingerprint density at radius 3 is 2.33 bits per heavy atom. The minimum Gasteiger partial charge on any atom is -0.494 e. The van der Waals surface area contributed by atoms with Crippen LogP contribution in [0, 0.1) is 13.8 Å². The zero-order chi connectivity index (χ0) is 41.5. The molecular formula is C43H64ClN5O3P2S. The number of nitrogen functional groups attached to an aromatic ring is 1. The number of thioether (sulfide) groups is 1. The van der Waals surface area contributed by atoms with E-state index in [2.05, 4.69) is 55.3 Å². The lowest BCUT2D eigenvalue weighted by Gasteiger charge is -2.26. The zero-order valence-corrected chi connectivity index (χ0v) is 38.1. The summed E-state index contributed by atoms with van der Waals surface area (Å²) in [5.41, 5.74) is 25.6. The molecule has 302 valence electrons. The lowest BCUT2D eigenvalue weighted by Crippen LogP contribution is -2.13. The molecule has 4 rings (SSSR count). The Kier molecular flexibility index (Phi) is 24.6. The Morgan fingerprint density at radius 2 is 1.73 bits per heavy atom. The first kappa shape index (κ1) is 49.6. The van der Waals surface area contributed by atoms with E-state index < -0.39 is 0 Å². The van der Waals surface area contributed by atoms with Crippen LogP contribution in [0.5, 0.6) is 5.75 Å². The van der Waals surface area contributed by atoms with E-state index in [1.807, 2.05) is 126 Å². The summed E-state index contributed by atoms with van der Waals surface area (Å²) < 4.78 is 21.5. The summed E-state index contributed by atoms with van der Waals surface area (Å²) in [6, 6.07) is 21.9. The fourth-order valence-electron chi connectivity index (χ4n) is 4.90. The van der Waals surface area contributed by atoms with Gasteiger partial charge in [-0.15, -0.1) is 0 Å². The van der Waals surface area contributed by atoms with Crippen LogP contribution in [-0.2, 0) is 17.9 Å². The third-order valence-electron chi connectivity index (χ3n) is 7.88. The fraction of sp³-hybridized carbons (Fsp3) is 0.349. The van der Waals surface area contributed by atoms with Crippen molar-refractivity contribution in [2.45, 2.75) is 68.5 Å². The molecule has 0 amide bonds. The van der Waals surface area contributed by atoms with Crippen molar-refractivity contribution in [3.05, 3.63) is 130 Å². The number of aryl methyl sites for hydroxylation is 1. The van der Waals surface area contributed by atoms with E-state index in [1.54, 1.807) is 6.20 Å². The van der Waals surface area contributed by atoms with Gasteiger partial charge in [0.15, 0.2) is 0 Å². The van der Waals surface area contributed by atoms with Crippen molar-refractivity contribution < 1.29 is 13.9 Å². The van der Waals surface area contributed by atoms with Crippen LogP contribution < -0.4 is 26.6 Å². The van der Waals surface area contributed by atoms with Crippen LogP contribution in [0.1, 0.15) is 69.6 Å². The van der Waals surface area contributed by atoms with Crippen molar-refractivity contribution in [1.29, 1.82) is 0 Å². The molecule has 3 aromatic carbocycles. The van der Waals surface area contributed by atoms with Crippen LogP contribution in [0.4, 0.5) is 11.4 Å². The number of anilines is 2. The van der Waals surface area contributed by atoms with E-state index in [1.165, 1.54) is 5.56 Å². The normalized spacial score (nSPS) is 11.0. The van der Waals surface area contributed by atoms with Crippen molar-refractivity contribution in [1.82, 2.24) is 4.67 Å². The van der Waals surface area contributed by atoms with Crippen LogP contribution >= 0.6 is 42.1 Å². The molecule has 2 atom stereocenters. The van der Waals surface area contributed by atoms with E-state index in [4.69, 9.17) is 42.7 Å². The first-order valence-corrected chi connectivity index (χ1v) is 21.2. The second-order valence-corrected chi connectivity index (χ2v) is 14.6. The first-order chi connectivity index (χ1) is 26.3. The molecule has 8 nitrogen and oxygen atoms in total. The highest BCUT2D eigenvalue weighted by molar-refractivity contribution is 7.98. The standard InChI is InChI=1S/C31H37ClN4O2P2S.C8H14O.C2H7N.C2H6/c1-20-5-4-6-22(15-20)19-37-30-12-10-27(21(2)31(30)32)36(40)28(17-33)25-16-23(7-9-26(25)34)29-11-8-24(38-29)18-35(39)13-14-41-3;1-5-7(3)8(4)9-6-2;1-2-3;1-2/h4-12,15-17H,13-14,18-19,33-34,39-40H2,1-3H3;5H,4,6H2,1-3H3;2-3H2,1H3;1-2H3/b28-17+;7-5-;;. The largest absolute Gasteiger partial charge is 0.494 e. The van der Waals surface area contributed by atoms with Crippen LogP contribution in [-0.4, -0.2) is 36.4 Å². The summed E-state index contributed by atoms with van der Waals surface area (Å²) in [5, 5.41) is 0.546. The highest BCUT2D eigenvalue weighted by Gasteiger charge is 2.19. The summed E-state index contributed by atoms with van der Waals surface area (Å²) in [7, 11) is 5.50. The summed E-state index contributed by atoms with van der Waals surface area (Å²) in [6.45, 7) is 23.1. The molecule has 0 bridgehead atoms. The van der Waals surface area contributed by atoms with Gasteiger partial charge in [-0.05, 0) is 116 Å². The maximum atomic E-state index is 6.78. The number of rotatable bonds is 15. The highest BCUT2D eigenvalue weighted by atomic mass is 35.5. The van der Waals surface area contributed by atoms with Crippen molar-refractivity contribution >= 4 is 59.2 Å². The van der Waals surface area contributed by atoms with Gasteiger partial charge in [-0.25, -0.2) is 0 Å². The summed E-state index contributed by atoms with van der Waals surface area (Å²) in [6.07, 6.45) is 5.64. The predicted octanol–water partition coefficient (Wildman–Crippen LogP) is 11.4. The van der Waals surface area contributed by atoms with E-state index in [0.717, 1.165) is 69.6 Å². The molecule has 12 heteroatoms. The third kappa shape index (κ3) is 16.3. The van der Waals surface area contributed by atoms with Gasteiger partial charge in [0.05, 0.1) is 23.9 Å². The molecule has 0 saturated carbocycles. The van der Waals surface area contributed by atoms with Gasteiger partial charge in [-0.1, -0.05) is 84.2 Å². The number of nitrogens with zero attached hydrogens (tertiary/aromatic N) is 2. The van der Waals surface area contributed by atoms with Crippen LogP contribution in [0.25, 0.3) is 17.0 Å². The Balaban J connectivity index is 0.000000928. The number of ether oxygens (including phenoxy) is 2. The Bertz CT molecular complexity index is 1810. The summed E-state index contributed by atoms with van der Waals surface area (Å²) >= 11 is 8.60. The van der Waals surface area contributed by atoms with E-state index in [-0.39, 0.29) is 0 Å². The summed E-state index contributed by atoms with van der Waals surface area (Å²) in [4.78, 5) is 0. The highest BCUT2D eigenvalue weighted by Crippen LogP contribution is 2.41. The van der Waals surface area contributed by atoms with Gasteiger partial charge in [0, 0.05) is 41.0 Å². The number of benzene rings is 3. The van der Waals surface area contributed by atoms with Gasteiger partial charge in [0.2, 0.25) is 0 Å². The molecule has 1 heterocycles. The average Bonchev–Trinajstić information content (AvgIpc) is 3.65. The average molecular weight is 828 g/mol. The Hall–Kier alpha value is -3.42. The molecule has 0 radical (unpaired) electrons. The smallest absolute Gasteiger partial charge is 0.138 e. The quantitative estimate of drug-likeness (QED) is 0.0466. The molecule has 0 aliphatic carbocycles. The molecule has 0 spiro atoms. The van der Waals surface area contributed by atoms with E-state index >= 15 is 0 Å². The number of furan rings is 1. The molecule has 1 aromatic heterocycles. The maximum absolute atomic E-state index is 6.78. The first-order valence-electron chi connectivity index (χ1n) is 18.4. The molecule has 6 N–H and O–H groups in total. The van der Waals surface area contributed by atoms with Crippen molar-refractivity contribution in [2.24, 2.45) is 11.5 Å². The topological polar surface area (TPSA) is 116 Å². The molecule has 0 aliphatic heterocycles. The lowest BCUT2D eigenvalue weighted by molar-refractivity contribution is 0.239. The minimum absolute atomic E-state index is 0.434. The second kappa shape index (κ2) is 27.2. The lowest BCUT2D eigenvalue weighted by atomic mass is 10.0. The monoisotopic (exact) mass is 827 g/mol. The third-order valence-corrected chi connectivity index (χ3v) is 9.94. The molecule has 2 unspecified atom stereocenters. The molecule has 0 aliphatic rings. The summed E-state index contributed by atoms with van der Waals surface area (Å²) in [5.74, 6) is 4.13. The molecule has 4 aromatic rings. The molecule has 55 heavy (non-hydrogen) atoms. The van der Waals surface area contributed by atoms with Gasteiger partial charge in [-0.3, -0.25) is 4.67 Å². The van der Waals surface area contributed by atoms with Crippen LogP contribution in [0.15, 0.2) is 101 Å². The van der Waals surface area contributed by atoms with Gasteiger partial charge < -0.3 is 35.8 Å². The maximum Gasteiger partial charge on any atom is 0.138 e. The zero-order valence-electron chi connectivity index (χ0n) is 34.2. The Morgan fingerprint density at radius 1 is 1.04 bits per heavy atom. The predicted molar refractivity (Wildman–Crippen MR) is 249 cm³/mol. The van der Waals surface area contributed by atoms with Gasteiger partial charge in [0.1, 0.15) is 29.6 Å². The fourth-order valence-corrected chi connectivity index (χ4v) is 6.53.